The molecule has 0 radical (unpaired) electrons. The Labute approximate surface area is 134 Å². The van der Waals surface area contributed by atoms with Gasteiger partial charge in [-0.15, -0.1) is 0 Å². The topological polar surface area (TPSA) is 46.5 Å². The number of allylic oxidation sites excluding steroid dienone is 1. The minimum absolute atomic E-state index is 0.422. The number of hydrogen-bond acceptors (Lipinski definition) is 3. The summed E-state index contributed by atoms with van der Waals surface area (Å²) in [4.78, 5) is 10.8. The molecule has 0 bridgehead atoms. The number of ether oxygens (including phenoxy) is 1. The van der Waals surface area contributed by atoms with Crippen molar-refractivity contribution in [2.45, 2.75) is 64.6 Å². The molecule has 2 unspecified atom stereocenters. The Morgan fingerprint density at radius 1 is 1.23 bits per heavy atom. The Morgan fingerprint density at radius 2 is 1.91 bits per heavy atom. The smallest absolute Gasteiger partial charge is 0.304 e. The highest BCUT2D eigenvalue weighted by Crippen LogP contribution is 2.05. The Kier molecular flexibility index (Phi) is 12.7. The van der Waals surface area contributed by atoms with Crippen LogP contribution < -0.4 is 0 Å². The summed E-state index contributed by atoms with van der Waals surface area (Å²) >= 11 is 0. The van der Waals surface area contributed by atoms with Gasteiger partial charge in [0.1, 0.15) is 6.10 Å². The van der Waals surface area contributed by atoms with Gasteiger partial charge in [0.05, 0.1) is 0 Å². The highest BCUT2D eigenvalue weighted by molar-refractivity contribution is 5.66. The number of rotatable bonds is 9. The molecule has 0 aliphatic heterocycles. The van der Waals surface area contributed by atoms with E-state index in [2.05, 4.69) is 37.2 Å². The molecule has 0 amide bonds. The maximum Gasteiger partial charge on any atom is 0.304 e. The lowest BCUT2D eigenvalue weighted by atomic mass is 10.1. The molecule has 0 aliphatic rings. The molecule has 0 spiro atoms. The first-order chi connectivity index (χ1) is 10.6. The molecular formula is C19H26O3. The lowest BCUT2D eigenvalue weighted by Gasteiger charge is -2.03. The molecule has 0 rings (SSSR count). The molecule has 120 valence electrons. The predicted octanol–water partition coefficient (Wildman–Crippen LogP) is 3.39. The summed E-state index contributed by atoms with van der Waals surface area (Å²) in [5.41, 5.74) is 0. The molecule has 0 aromatic rings. The van der Waals surface area contributed by atoms with Crippen molar-refractivity contribution in [3.8, 4) is 23.7 Å². The Bertz CT molecular complexity index is 468. The van der Waals surface area contributed by atoms with Gasteiger partial charge in [-0.05, 0) is 42.8 Å². The molecule has 0 aromatic heterocycles. The van der Waals surface area contributed by atoms with Gasteiger partial charge in [0.2, 0.25) is 0 Å². The van der Waals surface area contributed by atoms with Crippen molar-refractivity contribution in [1.29, 1.82) is 0 Å². The van der Waals surface area contributed by atoms with E-state index < -0.39 is 18.2 Å². The first-order valence-corrected chi connectivity index (χ1v) is 7.75. The van der Waals surface area contributed by atoms with Gasteiger partial charge in [0.15, 0.2) is 6.10 Å². The van der Waals surface area contributed by atoms with Crippen molar-refractivity contribution >= 4 is 5.97 Å². The number of hydrogen-bond donors (Lipinski definition) is 1. The highest BCUT2D eigenvalue weighted by atomic mass is 16.5. The molecule has 2 atom stereocenters. The third-order valence-corrected chi connectivity index (χ3v) is 2.80. The van der Waals surface area contributed by atoms with Crippen LogP contribution in [0.15, 0.2) is 24.8 Å². The van der Waals surface area contributed by atoms with Gasteiger partial charge in [0.25, 0.3) is 0 Å². The normalized spacial score (nSPS) is 12.5. The van der Waals surface area contributed by atoms with E-state index in [0.29, 0.717) is 0 Å². The summed E-state index contributed by atoms with van der Waals surface area (Å²) in [5.74, 6) is 9.89. The second kappa shape index (κ2) is 14.0. The first kappa shape index (κ1) is 20.0. The van der Waals surface area contributed by atoms with Crippen LogP contribution in [0.4, 0.5) is 0 Å². The largest absolute Gasteiger partial charge is 0.445 e. The quantitative estimate of drug-likeness (QED) is 0.307. The van der Waals surface area contributed by atoms with Crippen molar-refractivity contribution in [3.63, 3.8) is 0 Å². The van der Waals surface area contributed by atoms with E-state index >= 15 is 0 Å². The van der Waals surface area contributed by atoms with Gasteiger partial charge in [-0.1, -0.05) is 51.2 Å². The van der Waals surface area contributed by atoms with Crippen molar-refractivity contribution in [2.24, 2.45) is 0 Å². The summed E-state index contributed by atoms with van der Waals surface area (Å²) in [7, 11) is 0. The average Bonchev–Trinajstić information content (AvgIpc) is 2.49. The second-order valence-corrected chi connectivity index (χ2v) is 4.88. The minimum Gasteiger partial charge on any atom is -0.445 e. The Hall–Kier alpha value is -1.97. The fourth-order valence-corrected chi connectivity index (χ4v) is 1.67. The number of carbonyl (C=O) groups is 1. The zero-order valence-electron chi connectivity index (χ0n) is 13.6. The van der Waals surface area contributed by atoms with Crippen LogP contribution in [0.2, 0.25) is 0 Å². The summed E-state index contributed by atoms with van der Waals surface area (Å²) in [6, 6.07) is 0. The average molecular weight is 302 g/mol. The number of unbranched alkanes of at least 4 members (excludes halogenated alkanes) is 5. The number of esters is 1. The van der Waals surface area contributed by atoms with E-state index in [4.69, 9.17) is 4.74 Å². The predicted molar refractivity (Wildman–Crippen MR) is 89.8 cm³/mol. The molecule has 22 heavy (non-hydrogen) atoms. The molecule has 3 heteroatoms. The minimum atomic E-state index is -0.819. The zero-order chi connectivity index (χ0) is 16.6. The van der Waals surface area contributed by atoms with Crippen LogP contribution in [-0.2, 0) is 9.53 Å². The van der Waals surface area contributed by atoms with Crippen LogP contribution in [0.1, 0.15) is 52.4 Å². The molecule has 0 fully saturated rings. The van der Waals surface area contributed by atoms with Crippen molar-refractivity contribution in [3.05, 3.63) is 24.8 Å². The van der Waals surface area contributed by atoms with E-state index in [-0.39, 0.29) is 0 Å². The highest BCUT2D eigenvalue weighted by Gasteiger charge is 2.01. The molecule has 0 saturated carbocycles. The SMILES string of the molecule is C=CC(C#CC#CC(O)/C=C/CCCCCCC)OC(C)=O. The molecule has 3 nitrogen and oxygen atoms in total. The van der Waals surface area contributed by atoms with Gasteiger partial charge in [-0.3, -0.25) is 4.79 Å². The lowest BCUT2D eigenvalue weighted by molar-refractivity contribution is -0.142. The summed E-state index contributed by atoms with van der Waals surface area (Å²) in [6.45, 7) is 7.02. The van der Waals surface area contributed by atoms with Gasteiger partial charge < -0.3 is 9.84 Å². The monoisotopic (exact) mass is 302 g/mol. The van der Waals surface area contributed by atoms with Crippen LogP contribution in [0.5, 0.6) is 0 Å². The van der Waals surface area contributed by atoms with Gasteiger partial charge in [0, 0.05) is 6.92 Å². The van der Waals surface area contributed by atoms with E-state index in [1.165, 1.54) is 38.7 Å². The fourth-order valence-electron chi connectivity index (χ4n) is 1.67. The third kappa shape index (κ3) is 13.0. The standard InChI is InChI=1S/C19H26O3/c1-4-6-7-8-9-10-11-14-18(21)15-12-13-16-19(5-2)22-17(3)20/h5,11,14,18-19,21H,2,4,6-10H2,1,3H3/b14-11+. The molecule has 1 N–H and O–H groups in total. The molecular weight excluding hydrogens is 276 g/mol. The summed E-state index contributed by atoms with van der Waals surface area (Å²) in [5, 5.41) is 9.62. The number of aliphatic hydroxyl groups is 1. The zero-order valence-corrected chi connectivity index (χ0v) is 13.6. The molecule has 0 heterocycles. The van der Waals surface area contributed by atoms with E-state index in [1.54, 1.807) is 6.08 Å². The van der Waals surface area contributed by atoms with E-state index in [0.717, 1.165) is 12.8 Å². The van der Waals surface area contributed by atoms with E-state index in [9.17, 15) is 9.90 Å². The number of carbonyl (C=O) groups excluding carboxylic acids is 1. The van der Waals surface area contributed by atoms with E-state index in [1.807, 2.05) is 6.08 Å². The molecule has 0 aromatic carbocycles. The van der Waals surface area contributed by atoms with Crippen molar-refractivity contribution in [2.75, 3.05) is 0 Å². The summed E-state index contributed by atoms with van der Waals surface area (Å²) < 4.78 is 4.85. The van der Waals surface area contributed by atoms with Gasteiger partial charge in [-0.2, -0.15) is 0 Å². The van der Waals surface area contributed by atoms with Crippen LogP contribution in [0, 0.1) is 23.7 Å². The van der Waals surface area contributed by atoms with Gasteiger partial charge >= 0.3 is 5.97 Å². The fraction of sp³-hybridized carbons (Fsp3) is 0.526. The van der Waals surface area contributed by atoms with Crippen molar-refractivity contribution < 1.29 is 14.6 Å². The first-order valence-electron chi connectivity index (χ1n) is 7.75. The molecule has 0 saturated heterocycles. The lowest BCUT2D eigenvalue weighted by Crippen LogP contribution is -2.10. The maximum atomic E-state index is 10.8. The third-order valence-electron chi connectivity index (χ3n) is 2.80. The van der Waals surface area contributed by atoms with Crippen molar-refractivity contribution in [1.82, 2.24) is 0 Å². The Morgan fingerprint density at radius 3 is 2.55 bits per heavy atom. The summed E-state index contributed by atoms with van der Waals surface area (Å²) in [6.07, 6.45) is 10.7. The van der Waals surface area contributed by atoms with Crippen LogP contribution in [0.3, 0.4) is 0 Å². The maximum absolute atomic E-state index is 10.8. The second-order valence-electron chi connectivity index (χ2n) is 4.88. The Balaban J connectivity index is 4.04. The molecule has 0 aliphatic carbocycles. The van der Waals surface area contributed by atoms with Crippen LogP contribution >= 0.6 is 0 Å². The van der Waals surface area contributed by atoms with Crippen LogP contribution in [0.25, 0.3) is 0 Å². The van der Waals surface area contributed by atoms with Crippen LogP contribution in [-0.4, -0.2) is 23.3 Å². The van der Waals surface area contributed by atoms with Gasteiger partial charge in [-0.25, -0.2) is 0 Å². The number of aliphatic hydroxyl groups excluding tert-OH is 1.